The van der Waals surface area contributed by atoms with Crippen molar-refractivity contribution in [3.63, 3.8) is 0 Å². The molecule has 11 nitrogen and oxygen atoms in total. The van der Waals surface area contributed by atoms with Crippen LogP contribution in [-0.4, -0.2) is 34.2 Å². The highest BCUT2D eigenvalue weighted by Crippen LogP contribution is 2.33. The van der Waals surface area contributed by atoms with E-state index in [2.05, 4.69) is 16.0 Å². The number of unbranched alkanes of at least 4 members (excludes halogenated alkanes) is 1. The van der Waals surface area contributed by atoms with Crippen LogP contribution in [0.4, 0.5) is 22.7 Å². The fourth-order valence-corrected chi connectivity index (χ4v) is 3.25. The number of nitro groups is 2. The summed E-state index contributed by atoms with van der Waals surface area (Å²) >= 11 is 0. The van der Waals surface area contributed by atoms with Crippen LogP contribution < -0.4 is 16.0 Å². The summed E-state index contributed by atoms with van der Waals surface area (Å²) in [6.45, 7) is 7.48. The Morgan fingerprint density at radius 2 is 1.64 bits per heavy atom. The number of anilines is 2. The summed E-state index contributed by atoms with van der Waals surface area (Å²) in [6, 6.07) is 6.26. The molecule has 0 unspecified atom stereocenters. The van der Waals surface area contributed by atoms with Crippen molar-refractivity contribution in [2.45, 2.75) is 46.6 Å². The quantitative estimate of drug-likeness (QED) is 0.275. The van der Waals surface area contributed by atoms with E-state index in [0.29, 0.717) is 18.7 Å². The van der Waals surface area contributed by atoms with E-state index in [9.17, 15) is 29.8 Å². The summed E-state index contributed by atoms with van der Waals surface area (Å²) in [5, 5.41) is 30.8. The zero-order chi connectivity index (χ0) is 24.7. The molecule has 0 fully saturated rings. The highest BCUT2D eigenvalue weighted by molar-refractivity contribution is 6.05. The first-order chi connectivity index (χ1) is 15.5. The van der Waals surface area contributed by atoms with E-state index in [0.717, 1.165) is 29.7 Å². The number of nitrogens with zero attached hydrogens (tertiary/aromatic N) is 2. The first kappa shape index (κ1) is 25.2. The molecule has 0 aliphatic heterocycles. The summed E-state index contributed by atoms with van der Waals surface area (Å²) < 4.78 is 0. The summed E-state index contributed by atoms with van der Waals surface area (Å²) in [7, 11) is 0. The zero-order valence-electron chi connectivity index (χ0n) is 18.9. The fraction of sp³-hybridized carbons (Fsp3) is 0.364. The number of nitrogens with one attached hydrogen (secondary N) is 3. The van der Waals surface area contributed by atoms with E-state index in [-0.39, 0.29) is 11.3 Å². The van der Waals surface area contributed by atoms with Crippen LogP contribution in [0.5, 0.6) is 0 Å². The maximum absolute atomic E-state index is 12.9. The molecule has 0 spiro atoms. The van der Waals surface area contributed by atoms with Crippen molar-refractivity contribution in [1.29, 1.82) is 0 Å². The minimum Gasteiger partial charge on any atom is -0.379 e. The molecule has 0 aliphatic carbocycles. The molecule has 2 aromatic rings. The van der Waals surface area contributed by atoms with Gasteiger partial charge in [-0.3, -0.25) is 29.8 Å². The van der Waals surface area contributed by atoms with Crippen LogP contribution in [0.1, 0.15) is 48.2 Å². The first-order valence-corrected chi connectivity index (χ1v) is 10.4. The smallest absolute Gasteiger partial charge is 0.300 e. The molecule has 33 heavy (non-hydrogen) atoms. The molecule has 2 amide bonds. The van der Waals surface area contributed by atoms with E-state index in [1.54, 1.807) is 12.1 Å². The Balaban J connectivity index is 2.32. The van der Waals surface area contributed by atoms with Gasteiger partial charge in [-0.05, 0) is 50.5 Å². The molecule has 0 aliphatic rings. The first-order valence-electron chi connectivity index (χ1n) is 10.4. The Morgan fingerprint density at radius 1 is 1.00 bits per heavy atom. The van der Waals surface area contributed by atoms with Gasteiger partial charge in [0.15, 0.2) is 0 Å². The van der Waals surface area contributed by atoms with Crippen LogP contribution in [0.15, 0.2) is 30.3 Å². The molecule has 3 N–H and O–H groups in total. The van der Waals surface area contributed by atoms with Gasteiger partial charge in [0.05, 0.1) is 21.5 Å². The molecule has 0 bridgehead atoms. The van der Waals surface area contributed by atoms with Gasteiger partial charge in [-0.25, -0.2) is 0 Å². The van der Waals surface area contributed by atoms with Crippen molar-refractivity contribution in [2.24, 2.45) is 0 Å². The maximum Gasteiger partial charge on any atom is 0.300 e. The number of non-ortho nitro benzene ring substituents is 1. The maximum atomic E-state index is 12.9. The zero-order valence-corrected chi connectivity index (χ0v) is 18.9. The number of hydrogen-bond donors (Lipinski definition) is 3. The average molecular weight is 457 g/mol. The van der Waals surface area contributed by atoms with Gasteiger partial charge < -0.3 is 16.0 Å². The largest absolute Gasteiger partial charge is 0.379 e. The number of hydrogen-bond acceptors (Lipinski definition) is 7. The number of benzene rings is 2. The van der Waals surface area contributed by atoms with Crippen molar-refractivity contribution in [1.82, 2.24) is 5.32 Å². The third-order valence-corrected chi connectivity index (χ3v) is 4.82. The summed E-state index contributed by atoms with van der Waals surface area (Å²) in [5.74, 6) is -1.35. The third-order valence-electron chi connectivity index (χ3n) is 4.82. The van der Waals surface area contributed by atoms with Crippen LogP contribution in [-0.2, 0) is 4.79 Å². The van der Waals surface area contributed by atoms with Crippen LogP contribution >= 0.6 is 0 Å². The molecule has 11 heteroatoms. The molecular formula is C22H27N5O6. The summed E-state index contributed by atoms with van der Waals surface area (Å²) in [4.78, 5) is 46.8. The van der Waals surface area contributed by atoms with Crippen molar-refractivity contribution >= 4 is 34.6 Å². The van der Waals surface area contributed by atoms with Gasteiger partial charge in [-0.2, -0.15) is 0 Å². The lowest BCUT2D eigenvalue weighted by Crippen LogP contribution is -2.41. The number of aryl methyl sites for hydroxylation is 2. The summed E-state index contributed by atoms with van der Waals surface area (Å²) in [6.07, 6.45) is 1.47. The van der Waals surface area contributed by atoms with Crippen molar-refractivity contribution < 1.29 is 19.4 Å². The van der Waals surface area contributed by atoms with Gasteiger partial charge in [0.25, 0.3) is 17.3 Å². The topological polar surface area (TPSA) is 157 Å². The molecule has 0 heterocycles. The van der Waals surface area contributed by atoms with E-state index in [1.165, 1.54) is 6.92 Å². The van der Waals surface area contributed by atoms with E-state index < -0.39 is 39.1 Å². The van der Waals surface area contributed by atoms with Crippen molar-refractivity contribution in [2.75, 3.05) is 17.2 Å². The second-order valence-electron chi connectivity index (χ2n) is 7.74. The standard InChI is InChI=1S/C22H27N5O6/c1-5-6-7-23-20-18(11-17(26(30)31)12-19(20)27(32)33)22(29)24-15(4)21(28)25-16-9-13(2)8-14(3)10-16/h8-12,15,23H,5-7H2,1-4H3,(H,24,29)(H,25,28)/t15-/m0/s1. The van der Waals surface area contributed by atoms with Crippen molar-refractivity contribution in [3.05, 3.63) is 67.3 Å². The van der Waals surface area contributed by atoms with Crippen LogP contribution in [0.25, 0.3) is 0 Å². The predicted molar refractivity (Wildman–Crippen MR) is 125 cm³/mol. The Kier molecular flexibility index (Phi) is 8.43. The lowest BCUT2D eigenvalue weighted by Gasteiger charge is -2.17. The molecule has 0 radical (unpaired) electrons. The molecule has 176 valence electrons. The van der Waals surface area contributed by atoms with Crippen LogP contribution in [0.2, 0.25) is 0 Å². The van der Waals surface area contributed by atoms with E-state index in [1.807, 2.05) is 26.8 Å². The molecule has 1 atom stereocenters. The molecular weight excluding hydrogens is 430 g/mol. The van der Waals surface area contributed by atoms with Crippen LogP contribution in [0, 0.1) is 34.1 Å². The monoisotopic (exact) mass is 457 g/mol. The predicted octanol–water partition coefficient (Wildman–Crippen LogP) is 4.09. The molecule has 2 rings (SSSR count). The van der Waals surface area contributed by atoms with Crippen LogP contribution in [0.3, 0.4) is 0 Å². The Hall–Kier alpha value is -4.02. The van der Waals surface area contributed by atoms with Gasteiger partial charge in [0, 0.05) is 18.3 Å². The third kappa shape index (κ3) is 6.73. The number of amides is 2. The minimum absolute atomic E-state index is 0.126. The highest BCUT2D eigenvalue weighted by atomic mass is 16.6. The minimum atomic E-state index is -1.01. The highest BCUT2D eigenvalue weighted by Gasteiger charge is 2.28. The number of carbonyl (C=O) groups is 2. The van der Waals surface area contributed by atoms with Gasteiger partial charge in [-0.15, -0.1) is 0 Å². The Labute approximate surface area is 190 Å². The van der Waals surface area contributed by atoms with E-state index in [4.69, 9.17) is 0 Å². The van der Waals surface area contributed by atoms with Gasteiger partial charge in [-0.1, -0.05) is 19.4 Å². The lowest BCUT2D eigenvalue weighted by atomic mass is 10.1. The van der Waals surface area contributed by atoms with Gasteiger partial charge in [0.1, 0.15) is 11.7 Å². The van der Waals surface area contributed by atoms with Gasteiger partial charge >= 0.3 is 0 Å². The summed E-state index contributed by atoms with van der Waals surface area (Å²) in [5.41, 5.74) is 0.878. The molecule has 2 aromatic carbocycles. The Morgan fingerprint density at radius 3 is 2.18 bits per heavy atom. The molecule has 0 saturated carbocycles. The lowest BCUT2D eigenvalue weighted by molar-refractivity contribution is -0.393. The normalized spacial score (nSPS) is 11.4. The Bertz CT molecular complexity index is 1060. The number of rotatable bonds is 10. The molecule has 0 aromatic heterocycles. The average Bonchev–Trinajstić information content (AvgIpc) is 2.72. The molecule has 0 saturated heterocycles. The SMILES string of the molecule is CCCCNc1c(C(=O)N[C@@H](C)C(=O)Nc2cc(C)cc(C)c2)cc([N+](=O)[O-])cc1[N+](=O)[O-]. The number of carbonyl (C=O) groups excluding carboxylic acids is 2. The van der Waals surface area contributed by atoms with Gasteiger partial charge in [0.2, 0.25) is 5.91 Å². The second kappa shape index (κ2) is 11.0. The van der Waals surface area contributed by atoms with E-state index >= 15 is 0 Å². The van der Waals surface area contributed by atoms with Crippen molar-refractivity contribution in [3.8, 4) is 0 Å². The second-order valence-corrected chi connectivity index (χ2v) is 7.74. The number of nitro benzene ring substituents is 2. The fourth-order valence-electron chi connectivity index (χ4n) is 3.25.